The quantitative estimate of drug-likeness (QED) is 0.539. The van der Waals surface area contributed by atoms with E-state index in [4.69, 9.17) is 0 Å². The molecule has 4 aromatic rings. The first-order valence-corrected chi connectivity index (χ1v) is 6.99. The van der Waals surface area contributed by atoms with Gasteiger partial charge in [-0.3, -0.25) is 10.2 Å². The van der Waals surface area contributed by atoms with Crippen LogP contribution in [0.15, 0.2) is 55.1 Å². The Labute approximate surface area is 126 Å². The molecule has 6 nitrogen and oxygen atoms in total. The van der Waals surface area contributed by atoms with Crippen LogP contribution in [0.5, 0.6) is 0 Å². The first-order valence-electron chi connectivity index (χ1n) is 6.99. The molecule has 3 N–H and O–H groups in total. The topological polar surface area (TPSA) is 82.3 Å². The van der Waals surface area contributed by atoms with Gasteiger partial charge in [0.1, 0.15) is 5.82 Å². The van der Waals surface area contributed by atoms with Crippen LogP contribution in [0.1, 0.15) is 5.69 Å². The summed E-state index contributed by atoms with van der Waals surface area (Å²) < 4.78 is 0. The minimum absolute atomic E-state index is 0.667. The van der Waals surface area contributed by atoms with Gasteiger partial charge < -0.3 is 5.32 Å². The van der Waals surface area contributed by atoms with Crippen LogP contribution < -0.4 is 5.32 Å². The first kappa shape index (κ1) is 12.6. The van der Waals surface area contributed by atoms with Gasteiger partial charge in [-0.25, -0.2) is 4.98 Å². The van der Waals surface area contributed by atoms with Crippen molar-refractivity contribution in [1.82, 2.24) is 25.4 Å². The zero-order valence-corrected chi connectivity index (χ0v) is 11.7. The van der Waals surface area contributed by atoms with Crippen molar-refractivity contribution in [1.29, 1.82) is 0 Å². The van der Waals surface area contributed by atoms with Gasteiger partial charge in [0.2, 0.25) is 0 Å². The standard InChI is InChI=1S/C16H14N6/c1-2-12-7-17-16(18-10-15-3-4-19-22-15)6-13(12)5-11(1)14-8-20-21-9-14/h1-9H,10H2,(H,17,18)(H,19,22)(H,20,21). The Balaban J connectivity index is 1.63. The average molecular weight is 290 g/mol. The predicted octanol–water partition coefficient (Wildman–Crippen LogP) is 2.96. The molecule has 0 radical (unpaired) electrons. The van der Waals surface area contributed by atoms with Gasteiger partial charge in [0, 0.05) is 29.5 Å². The molecule has 0 atom stereocenters. The number of hydrogen-bond acceptors (Lipinski definition) is 4. The zero-order valence-electron chi connectivity index (χ0n) is 11.7. The average Bonchev–Trinajstić information content (AvgIpc) is 3.25. The molecule has 0 aliphatic rings. The van der Waals surface area contributed by atoms with Crippen molar-refractivity contribution in [3.63, 3.8) is 0 Å². The van der Waals surface area contributed by atoms with E-state index in [9.17, 15) is 0 Å². The number of H-pyrrole nitrogens is 2. The first-order chi connectivity index (χ1) is 10.9. The van der Waals surface area contributed by atoms with Crippen molar-refractivity contribution in [2.75, 3.05) is 5.32 Å². The van der Waals surface area contributed by atoms with Crippen LogP contribution in [0.2, 0.25) is 0 Å². The fraction of sp³-hybridized carbons (Fsp3) is 0.0625. The lowest BCUT2D eigenvalue weighted by molar-refractivity contribution is 0.975. The van der Waals surface area contributed by atoms with Crippen molar-refractivity contribution in [2.45, 2.75) is 6.54 Å². The molecule has 0 aliphatic heterocycles. The minimum Gasteiger partial charge on any atom is -0.364 e. The van der Waals surface area contributed by atoms with E-state index >= 15 is 0 Å². The van der Waals surface area contributed by atoms with E-state index in [2.05, 4.69) is 55.0 Å². The second kappa shape index (κ2) is 5.33. The van der Waals surface area contributed by atoms with Crippen molar-refractivity contribution >= 4 is 16.6 Å². The number of nitrogens with one attached hydrogen (secondary N) is 3. The third-order valence-electron chi connectivity index (χ3n) is 3.57. The fourth-order valence-corrected chi connectivity index (χ4v) is 2.39. The van der Waals surface area contributed by atoms with E-state index in [0.29, 0.717) is 6.54 Å². The maximum absolute atomic E-state index is 4.43. The van der Waals surface area contributed by atoms with E-state index in [1.807, 2.05) is 24.7 Å². The molecule has 22 heavy (non-hydrogen) atoms. The van der Waals surface area contributed by atoms with Crippen LogP contribution >= 0.6 is 0 Å². The summed E-state index contributed by atoms with van der Waals surface area (Å²) in [7, 11) is 0. The Morgan fingerprint density at radius 2 is 1.95 bits per heavy atom. The van der Waals surface area contributed by atoms with Crippen molar-refractivity contribution in [2.24, 2.45) is 0 Å². The molecule has 3 heterocycles. The Kier molecular flexibility index (Phi) is 3.05. The van der Waals surface area contributed by atoms with Gasteiger partial charge >= 0.3 is 0 Å². The molecule has 0 amide bonds. The number of aromatic nitrogens is 5. The summed E-state index contributed by atoms with van der Waals surface area (Å²) in [5.74, 6) is 0.839. The van der Waals surface area contributed by atoms with Crippen molar-refractivity contribution in [3.8, 4) is 11.1 Å². The molecule has 4 rings (SSSR count). The van der Waals surface area contributed by atoms with E-state index in [1.54, 1.807) is 6.20 Å². The highest BCUT2D eigenvalue weighted by atomic mass is 15.1. The Morgan fingerprint density at radius 3 is 2.77 bits per heavy atom. The molecule has 6 heteroatoms. The normalized spacial score (nSPS) is 10.9. The molecule has 0 aliphatic carbocycles. The van der Waals surface area contributed by atoms with Crippen LogP contribution in [-0.4, -0.2) is 25.4 Å². The van der Waals surface area contributed by atoms with Crippen molar-refractivity contribution < 1.29 is 0 Å². The lowest BCUT2D eigenvalue weighted by atomic mass is 10.1. The maximum Gasteiger partial charge on any atom is 0.126 e. The summed E-state index contributed by atoms with van der Waals surface area (Å²) >= 11 is 0. The molecule has 0 bridgehead atoms. The number of nitrogens with zero attached hydrogens (tertiary/aromatic N) is 3. The van der Waals surface area contributed by atoms with E-state index in [-0.39, 0.29) is 0 Å². The molecule has 0 fully saturated rings. The number of rotatable bonds is 4. The van der Waals surface area contributed by atoms with Gasteiger partial charge in [-0.1, -0.05) is 12.1 Å². The molecule has 0 saturated heterocycles. The Bertz CT molecular complexity index is 880. The number of anilines is 1. The third kappa shape index (κ3) is 2.42. The predicted molar refractivity (Wildman–Crippen MR) is 85.2 cm³/mol. The minimum atomic E-state index is 0.667. The number of aromatic amines is 2. The summed E-state index contributed by atoms with van der Waals surface area (Å²) in [5.41, 5.74) is 3.23. The van der Waals surface area contributed by atoms with E-state index in [1.165, 1.54) is 0 Å². The molecule has 0 saturated carbocycles. The lowest BCUT2D eigenvalue weighted by Gasteiger charge is -2.06. The molecule has 0 unspecified atom stereocenters. The van der Waals surface area contributed by atoms with Crippen LogP contribution in [0.25, 0.3) is 21.9 Å². The highest BCUT2D eigenvalue weighted by Crippen LogP contribution is 2.24. The highest BCUT2D eigenvalue weighted by molar-refractivity contribution is 5.88. The smallest absolute Gasteiger partial charge is 0.126 e. The molecule has 3 aromatic heterocycles. The summed E-state index contributed by atoms with van der Waals surface area (Å²) in [4.78, 5) is 4.43. The third-order valence-corrected chi connectivity index (χ3v) is 3.57. The van der Waals surface area contributed by atoms with Gasteiger partial charge in [-0.15, -0.1) is 0 Å². The van der Waals surface area contributed by atoms with Gasteiger partial charge in [-0.2, -0.15) is 10.2 Å². The van der Waals surface area contributed by atoms with Crippen LogP contribution in [-0.2, 0) is 6.54 Å². The molecule has 0 spiro atoms. The monoisotopic (exact) mass is 290 g/mol. The molecular weight excluding hydrogens is 276 g/mol. The number of benzene rings is 1. The van der Waals surface area contributed by atoms with E-state index in [0.717, 1.165) is 33.4 Å². The van der Waals surface area contributed by atoms with Crippen LogP contribution in [0.4, 0.5) is 5.82 Å². The summed E-state index contributed by atoms with van der Waals surface area (Å²) in [5, 5.41) is 19.2. The molecular formula is C16H14N6. The lowest BCUT2D eigenvalue weighted by Crippen LogP contribution is -2.01. The second-order valence-corrected chi connectivity index (χ2v) is 5.05. The Hall–Kier alpha value is -3.15. The Morgan fingerprint density at radius 1 is 0.955 bits per heavy atom. The van der Waals surface area contributed by atoms with Crippen LogP contribution in [0.3, 0.4) is 0 Å². The van der Waals surface area contributed by atoms with Gasteiger partial charge in [0.15, 0.2) is 0 Å². The summed E-state index contributed by atoms with van der Waals surface area (Å²) in [6.45, 7) is 0.667. The summed E-state index contributed by atoms with van der Waals surface area (Å²) in [6, 6.07) is 10.3. The number of pyridine rings is 1. The second-order valence-electron chi connectivity index (χ2n) is 5.05. The van der Waals surface area contributed by atoms with E-state index < -0.39 is 0 Å². The molecule has 108 valence electrons. The van der Waals surface area contributed by atoms with Gasteiger partial charge in [0.05, 0.1) is 18.4 Å². The van der Waals surface area contributed by atoms with Crippen molar-refractivity contribution in [3.05, 3.63) is 60.8 Å². The van der Waals surface area contributed by atoms with Crippen LogP contribution in [0, 0.1) is 0 Å². The molecule has 1 aromatic carbocycles. The maximum atomic E-state index is 4.43. The summed E-state index contributed by atoms with van der Waals surface area (Å²) in [6.07, 6.45) is 7.32. The number of hydrogen-bond donors (Lipinski definition) is 3. The number of fused-ring (bicyclic) bond motifs is 1. The fourth-order valence-electron chi connectivity index (χ4n) is 2.39. The van der Waals surface area contributed by atoms with Gasteiger partial charge in [-0.05, 0) is 29.1 Å². The SMILES string of the molecule is c1cc(CNc2cc3cc(-c4cn[nH]c4)ccc3cn2)[nH]n1. The highest BCUT2D eigenvalue weighted by Gasteiger charge is 2.03. The zero-order chi connectivity index (χ0) is 14.8. The van der Waals surface area contributed by atoms with Gasteiger partial charge in [0.25, 0.3) is 0 Å². The largest absolute Gasteiger partial charge is 0.364 e.